The van der Waals surface area contributed by atoms with Gasteiger partial charge in [-0.05, 0) is 29.7 Å². The Morgan fingerprint density at radius 1 is 0.714 bits per heavy atom. The number of para-hydroxylation sites is 2. The molecule has 0 spiro atoms. The summed E-state index contributed by atoms with van der Waals surface area (Å²) in [5.41, 5.74) is 8.46. The van der Waals surface area contributed by atoms with Crippen LogP contribution in [-0.2, 0) is 36.8 Å². The number of amides is 3. The van der Waals surface area contributed by atoms with Gasteiger partial charge >= 0.3 is 11.9 Å². The van der Waals surface area contributed by atoms with Gasteiger partial charge in [-0.2, -0.15) is 0 Å². The second kappa shape index (κ2) is 13.5. The Balaban J connectivity index is 1.52. The summed E-state index contributed by atoms with van der Waals surface area (Å²) in [4.78, 5) is 68.4. The number of hydrogen-bond donors (Lipinski definition) is 8. The summed E-state index contributed by atoms with van der Waals surface area (Å²) in [6.07, 6.45) is 2.58. The number of hydrogen-bond acceptors (Lipinski definition) is 6. The zero-order valence-corrected chi connectivity index (χ0v) is 22.6. The predicted octanol–water partition coefficient (Wildman–Crippen LogP) is 0.797. The molecule has 0 saturated heterocycles. The van der Waals surface area contributed by atoms with E-state index < -0.39 is 54.2 Å². The summed E-state index contributed by atoms with van der Waals surface area (Å²) in [6.45, 7) is -0.380. The Hall–Kier alpha value is -5.17. The Bertz CT molecular complexity index is 1610. The van der Waals surface area contributed by atoms with Gasteiger partial charge in [-0.25, -0.2) is 4.79 Å². The highest BCUT2D eigenvalue weighted by Gasteiger charge is 2.31. The van der Waals surface area contributed by atoms with E-state index in [0.717, 1.165) is 27.4 Å². The van der Waals surface area contributed by atoms with Crippen molar-refractivity contribution in [3.8, 4) is 0 Å². The molecule has 42 heavy (non-hydrogen) atoms. The van der Waals surface area contributed by atoms with E-state index in [1.807, 2.05) is 48.5 Å². The molecular formula is C29H32N6O7. The van der Waals surface area contributed by atoms with Gasteiger partial charge in [-0.15, -0.1) is 0 Å². The molecule has 0 aliphatic carbocycles. The van der Waals surface area contributed by atoms with Gasteiger partial charge in [0.25, 0.3) is 0 Å². The molecule has 0 saturated carbocycles. The highest BCUT2D eigenvalue weighted by molar-refractivity contribution is 5.95. The normalized spacial score (nSPS) is 13.3. The van der Waals surface area contributed by atoms with Crippen LogP contribution in [0.3, 0.4) is 0 Å². The first-order chi connectivity index (χ1) is 20.2. The van der Waals surface area contributed by atoms with Crippen LogP contribution in [0.1, 0.15) is 24.0 Å². The predicted molar refractivity (Wildman–Crippen MR) is 153 cm³/mol. The fourth-order valence-corrected chi connectivity index (χ4v) is 4.78. The van der Waals surface area contributed by atoms with Crippen LogP contribution in [0.2, 0.25) is 0 Å². The van der Waals surface area contributed by atoms with E-state index in [0.29, 0.717) is 5.56 Å². The molecule has 2 aromatic carbocycles. The topological polar surface area (TPSA) is 219 Å². The second-order valence-corrected chi connectivity index (χ2v) is 9.84. The van der Waals surface area contributed by atoms with Crippen LogP contribution < -0.4 is 21.7 Å². The minimum absolute atomic E-state index is 0.0488. The molecule has 4 rings (SSSR count). The monoisotopic (exact) mass is 576 g/mol. The van der Waals surface area contributed by atoms with Crippen molar-refractivity contribution in [3.05, 3.63) is 72.1 Å². The number of carbonyl (C=O) groups excluding carboxylic acids is 3. The number of nitrogens with one attached hydrogen (secondary N) is 5. The van der Waals surface area contributed by atoms with Crippen LogP contribution in [0.4, 0.5) is 0 Å². The van der Waals surface area contributed by atoms with Crippen molar-refractivity contribution < 1.29 is 34.2 Å². The maximum Gasteiger partial charge on any atom is 0.326 e. The van der Waals surface area contributed by atoms with Gasteiger partial charge in [0.2, 0.25) is 17.7 Å². The van der Waals surface area contributed by atoms with E-state index in [4.69, 9.17) is 5.73 Å². The van der Waals surface area contributed by atoms with Crippen LogP contribution in [0, 0.1) is 0 Å². The molecule has 13 nitrogen and oxygen atoms in total. The molecule has 0 aliphatic rings. The first kappa shape index (κ1) is 29.8. The fraction of sp³-hybridized carbons (Fsp3) is 0.276. The highest BCUT2D eigenvalue weighted by Crippen LogP contribution is 2.20. The lowest BCUT2D eigenvalue weighted by atomic mass is 10.0. The van der Waals surface area contributed by atoms with Crippen LogP contribution >= 0.6 is 0 Å². The number of carboxylic acids is 2. The van der Waals surface area contributed by atoms with Gasteiger partial charge < -0.3 is 41.9 Å². The van der Waals surface area contributed by atoms with E-state index in [2.05, 4.69) is 25.9 Å². The Kier molecular flexibility index (Phi) is 9.55. The number of carboxylic acid groups (broad SMARTS) is 2. The van der Waals surface area contributed by atoms with E-state index in [1.54, 1.807) is 12.4 Å². The summed E-state index contributed by atoms with van der Waals surface area (Å²) < 4.78 is 0. The quantitative estimate of drug-likeness (QED) is 0.107. The number of H-pyrrole nitrogens is 2. The van der Waals surface area contributed by atoms with Crippen molar-refractivity contribution in [2.24, 2.45) is 5.73 Å². The summed E-state index contributed by atoms with van der Waals surface area (Å²) >= 11 is 0. The number of aromatic amines is 2. The number of rotatable bonds is 14. The van der Waals surface area contributed by atoms with Crippen LogP contribution in [0.25, 0.3) is 21.8 Å². The molecule has 0 aliphatic heterocycles. The molecule has 9 N–H and O–H groups in total. The van der Waals surface area contributed by atoms with Crippen molar-refractivity contribution in [1.29, 1.82) is 0 Å². The standard InChI is InChI=1S/C29H32N6O7/c30-13-25(36)33-23(11-16-14-31-20-7-3-1-5-18(16)20)28(40)34-22(9-10-26(37)38)27(39)35-24(29(41)42)12-17-15-32-21-8-4-2-6-19(17)21/h1-8,14-15,22-24,31-32H,9-13,30H2,(H,33,36)(H,34,40)(H,35,39)(H,37,38)(H,41,42)/t22-,23-,24-/m0/s1. The molecular weight excluding hydrogens is 544 g/mol. The lowest BCUT2D eigenvalue weighted by Crippen LogP contribution is -2.57. The van der Waals surface area contributed by atoms with Crippen LogP contribution in [0.5, 0.6) is 0 Å². The number of aromatic nitrogens is 2. The third-order valence-electron chi connectivity index (χ3n) is 6.93. The van der Waals surface area contributed by atoms with Crippen molar-refractivity contribution in [2.75, 3.05) is 6.54 Å². The maximum atomic E-state index is 13.4. The third kappa shape index (κ3) is 7.31. The van der Waals surface area contributed by atoms with Gasteiger partial charge in [0.15, 0.2) is 0 Å². The number of carbonyl (C=O) groups is 5. The van der Waals surface area contributed by atoms with Gasteiger partial charge in [0.1, 0.15) is 18.1 Å². The van der Waals surface area contributed by atoms with Gasteiger partial charge in [0.05, 0.1) is 6.54 Å². The first-order valence-electron chi connectivity index (χ1n) is 13.3. The van der Waals surface area contributed by atoms with Crippen molar-refractivity contribution in [2.45, 2.75) is 43.8 Å². The molecule has 13 heteroatoms. The second-order valence-electron chi connectivity index (χ2n) is 9.84. The van der Waals surface area contributed by atoms with E-state index in [1.165, 1.54) is 0 Å². The lowest BCUT2D eigenvalue weighted by molar-refractivity contribution is -0.143. The average Bonchev–Trinajstić information content (AvgIpc) is 3.58. The van der Waals surface area contributed by atoms with Gasteiger partial charge in [0, 0.05) is 53.5 Å². The molecule has 2 heterocycles. The molecule has 3 atom stereocenters. The minimum atomic E-state index is -1.39. The van der Waals surface area contributed by atoms with Gasteiger partial charge in [-0.3, -0.25) is 19.2 Å². The first-order valence-corrected chi connectivity index (χ1v) is 13.3. The van der Waals surface area contributed by atoms with Crippen LogP contribution in [0.15, 0.2) is 60.9 Å². The number of fused-ring (bicyclic) bond motifs is 2. The molecule has 0 fully saturated rings. The van der Waals surface area contributed by atoms with E-state index >= 15 is 0 Å². The van der Waals surface area contributed by atoms with E-state index in [9.17, 15) is 34.2 Å². The molecule has 0 radical (unpaired) electrons. The zero-order valence-electron chi connectivity index (χ0n) is 22.6. The summed E-state index contributed by atoms with van der Waals surface area (Å²) in [6, 6.07) is 10.8. The summed E-state index contributed by atoms with van der Waals surface area (Å²) in [7, 11) is 0. The highest BCUT2D eigenvalue weighted by atomic mass is 16.4. The van der Waals surface area contributed by atoms with Gasteiger partial charge in [-0.1, -0.05) is 36.4 Å². The van der Waals surface area contributed by atoms with Crippen molar-refractivity contribution in [3.63, 3.8) is 0 Å². The Morgan fingerprint density at radius 3 is 1.74 bits per heavy atom. The Morgan fingerprint density at radius 2 is 1.21 bits per heavy atom. The van der Waals surface area contributed by atoms with Crippen molar-refractivity contribution >= 4 is 51.5 Å². The lowest BCUT2D eigenvalue weighted by Gasteiger charge is -2.24. The number of aliphatic carboxylic acids is 2. The summed E-state index contributed by atoms with van der Waals surface area (Å²) in [5, 5.41) is 28.2. The third-order valence-corrected chi connectivity index (χ3v) is 6.93. The number of benzene rings is 2. The largest absolute Gasteiger partial charge is 0.481 e. The molecule has 4 aromatic rings. The van der Waals surface area contributed by atoms with E-state index in [-0.39, 0.29) is 25.8 Å². The summed E-state index contributed by atoms with van der Waals surface area (Å²) in [5.74, 6) is -4.73. The van der Waals surface area contributed by atoms with Crippen molar-refractivity contribution in [1.82, 2.24) is 25.9 Å². The number of nitrogens with two attached hydrogens (primary N) is 1. The molecule has 0 unspecified atom stereocenters. The minimum Gasteiger partial charge on any atom is -0.481 e. The SMILES string of the molecule is NCC(=O)N[C@@H](Cc1c[nH]c2ccccc12)C(=O)N[C@@H](CCC(=O)O)C(=O)N[C@@H](Cc1c[nH]c2ccccc12)C(=O)O. The molecule has 220 valence electrons. The smallest absolute Gasteiger partial charge is 0.326 e. The average molecular weight is 577 g/mol. The maximum absolute atomic E-state index is 13.4. The molecule has 2 aromatic heterocycles. The zero-order chi connectivity index (χ0) is 30.2. The Labute approximate surface area is 239 Å². The molecule has 3 amide bonds. The fourth-order valence-electron chi connectivity index (χ4n) is 4.78. The molecule has 0 bridgehead atoms. The van der Waals surface area contributed by atoms with Crippen LogP contribution in [-0.4, -0.2) is 74.5 Å².